The summed E-state index contributed by atoms with van der Waals surface area (Å²) >= 11 is 0. The van der Waals surface area contributed by atoms with Crippen molar-refractivity contribution in [3.63, 3.8) is 0 Å². The fraction of sp³-hybridized carbons (Fsp3) is 0.0625. The number of ether oxygens (including phenoxy) is 1. The number of nitro groups is 1. The number of benzene rings is 2. The monoisotopic (exact) mass is 352 g/mol. The van der Waals surface area contributed by atoms with Gasteiger partial charge in [0.05, 0.1) is 4.92 Å². The minimum atomic E-state index is -3.01. The van der Waals surface area contributed by atoms with E-state index in [4.69, 9.17) is 0 Å². The largest absolute Gasteiger partial charge is 0.434 e. The van der Waals surface area contributed by atoms with E-state index in [1.165, 1.54) is 24.3 Å². The average molecular weight is 352 g/mol. The summed E-state index contributed by atoms with van der Waals surface area (Å²) in [4.78, 5) is 21.6. The van der Waals surface area contributed by atoms with Gasteiger partial charge in [0.2, 0.25) is 11.7 Å². The van der Waals surface area contributed by atoms with Crippen LogP contribution >= 0.6 is 0 Å². The zero-order valence-corrected chi connectivity index (χ0v) is 12.5. The summed E-state index contributed by atoms with van der Waals surface area (Å²) in [5.41, 5.74) is -0.527. The van der Waals surface area contributed by atoms with Gasteiger partial charge < -0.3 is 10.1 Å². The van der Waals surface area contributed by atoms with E-state index in [9.17, 15) is 28.1 Å². The third kappa shape index (κ3) is 5.06. The van der Waals surface area contributed by atoms with Crippen LogP contribution in [0.4, 0.5) is 24.5 Å². The first-order chi connectivity index (χ1) is 11.9. The molecule has 0 aliphatic rings. The summed E-state index contributed by atoms with van der Waals surface area (Å²) in [6.45, 7) is -3.01. The highest BCUT2D eigenvalue weighted by Crippen LogP contribution is 2.23. The molecule has 0 aromatic heterocycles. The Balaban J connectivity index is 2.12. The summed E-state index contributed by atoms with van der Waals surface area (Å²) < 4.78 is 42.2. The lowest BCUT2D eigenvalue weighted by molar-refractivity contribution is -0.387. The van der Waals surface area contributed by atoms with Crippen LogP contribution in [-0.2, 0) is 4.79 Å². The van der Waals surface area contributed by atoms with Crippen molar-refractivity contribution >= 4 is 23.4 Å². The summed E-state index contributed by atoms with van der Waals surface area (Å²) in [5, 5.41) is 13.0. The molecule has 9 heteroatoms. The van der Waals surface area contributed by atoms with Crippen molar-refractivity contribution in [3.8, 4) is 5.75 Å². The Morgan fingerprint density at radius 2 is 1.96 bits per heavy atom. The Labute approximate surface area is 139 Å². The first-order valence-electron chi connectivity index (χ1n) is 6.83. The van der Waals surface area contributed by atoms with Gasteiger partial charge in [0.15, 0.2) is 0 Å². The fourth-order valence-corrected chi connectivity index (χ4v) is 1.90. The molecule has 0 atom stereocenters. The van der Waals surface area contributed by atoms with Gasteiger partial charge in [-0.05, 0) is 24.3 Å². The van der Waals surface area contributed by atoms with E-state index in [1.54, 1.807) is 6.07 Å². The lowest BCUT2D eigenvalue weighted by Gasteiger charge is -2.07. The molecule has 0 aliphatic heterocycles. The number of nitrogens with one attached hydrogen (secondary N) is 1. The number of hydrogen-bond acceptors (Lipinski definition) is 4. The molecule has 130 valence electrons. The van der Waals surface area contributed by atoms with Crippen molar-refractivity contribution in [3.05, 3.63) is 70.0 Å². The number of anilines is 1. The van der Waals surface area contributed by atoms with E-state index in [0.717, 1.165) is 24.3 Å². The quantitative estimate of drug-likeness (QED) is 0.484. The Morgan fingerprint density at radius 1 is 1.24 bits per heavy atom. The molecule has 2 aromatic carbocycles. The van der Waals surface area contributed by atoms with Gasteiger partial charge in [-0.2, -0.15) is 13.2 Å². The molecule has 25 heavy (non-hydrogen) atoms. The fourth-order valence-electron chi connectivity index (χ4n) is 1.90. The number of rotatable bonds is 6. The van der Waals surface area contributed by atoms with E-state index < -0.39 is 28.9 Å². The van der Waals surface area contributed by atoms with Crippen LogP contribution in [0.15, 0.2) is 48.5 Å². The topological polar surface area (TPSA) is 81.5 Å². The normalized spacial score (nSPS) is 10.9. The molecule has 0 bridgehead atoms. The molecule has 0 aliphatic carbocycles. The molecule has 2 aromatic rings. The van der Waals surface area contributed by atoms with Crippen molar-refractivity contribution in [2.75, 3.05) is 5.32 Å². The molecule has 2 rings (SSSR count). The van der Waals surface area contributed by atoms with Crippen LogP contribution in [-0.4, -0.2) is 17.4 Å². The summed E-state index contributed by atoms with van der Waals surface area (Å²) in [7, 11) is 0. The molecule has 0 saturated heterocycles. The minimum absolute atomic E-state index is 0.0138. The van der Waals surface area contributed by atoms with Gasteiger partial charge in [-0.25, -0.2) is 0 Å². The highest BCUT2D eigenvalue weighted by atomic mass is 19.3. The molecule has 0 unspecified atom stereocenters. The van der Waals surface area contributed by atoms with E-state index >= 15 is 0 Å². The van der Waals surface area contributed by atoms with Crippen molar-refractivity contribution in [1.82, 2.24) is 0 Å². The van der Waals surface area contributed by atoms with Gasteiger partial charge in [0, 0.05) is 23.4 Å². The summed E-state index contributed by atoms with van der Waals surface area (Å²) in [5.74, 6) is -1.83. The van der Waals surface area contributed by atoms with Gasteiger partial charge in [-0.1, -0.05) is 18.2 Å². The van der Waals surface area contributed by atoms with Gasteiger partial charge in [0.1, 0.15) is 5.75 Å². The molecule has 1 N–H and O–H groups in total. The highest BCUT2D eigenvalue weighted by Gasteiger charge is 2.15. The molecule has 0 saturated carbocycles. The van der Waals surface area contributed by atoms with Crippen LogP contribution in [0.25, 0.3) is 6.08 Å². The van der Waals surface area contributed by atoms with Gasteiger partial charge in [-0.3, -0.25) is 14.9 Å². The maximum atomic E-state index is 13.2. The number of amides is 1. The van der Waals surface area contributed by atoms with E-state index in [-0.39, 0.29) is 17.0 Å². The molecule has 0 fully saturated rings. The van der Waals surface area contributed by atoms with E-state index in [2.05, 4.69) is 10.1 Å². The second kappa shape index (κ2) is 7.95. The van der Waals surface area contributed by atoms with Crippen molar-refractivity contribution in [1.29, 1.82) is 0 Å². The molecule has 6 nitrogen and oxygen atoms in total. The van der Waals surface area contributed by atoms with Crippen LogP contribution in [0.3, 0.4) is 0 Å². The number of alkyl halides is 2. The average Bonchev–Trinajstić information content (AvgIpc) is 2.55. The van der Waals surface area contributed by atoms with Crippen molar-refractivity contribution in [2.45, 2.75) is 6.61 Å². The van der Waals surface area contributed by atoms with Gasteiger partial charge in [-0.15, -0.1) is 0 Å². The third-order valence-corrected chi connectivity index (χ3v) is 2.96. The zero-order chi connectivity index (χ0) is 18.4. The summed E-state index contributed by atoms with van der Waals surface area (Å²) in [6, 6.07) is 8.71. The Bertz CT molecular complexity index is 825. The number of nitro benzene ring substituents is 1. The second-order valence-electron chi connectivity index (χ2n) is 4.66. The molecule has 1 amide bonds. The smallest absolute Gasteiger partial charge is 0.387 e. The number of carbonyl (C=O) groups is 1. The van der Waals surface area contributed by atoms with Crippen LogP contribution in [0.5, 0.6) is 5.75 Å². The maximum Gasteiger partial charge on any atom is 0.387 e. The molecular weight excluding hydrogens is 341 g/mol. The Morgan fingerprint density at radius 3 is 2.64 bits per heavy atom. The minimum Gasteiger partial charge on any atom is -0.434 e. The van der Waals surface area contributed by atoms with Crippen molar-refractivity contribution < 1.29 is 27.6 Å². The Hall–Kier alpha value is -3.36. The number of carbonyl (C=O) groups excluding carboxylic acids is 1. The zero-order valence-electron chi connectivity index (χ0n) is 12.5. The number of nitrogens with zero attached hydrogens (tertiary/aromatic N) is 1. The standard InChI is InChI=1S/C16H11F3N2O4/c17-12-7-6-11(9-13(12)21(23)24)20-15(22)8-5-10-3-1-2-4-14(10)25-16(18)19/h1-9,16H,(H,20,22)/b8-5+. The molecule has 0 heterocycles. The van der Waals surface area contributed by atoms with Gasteiger partial charge >= 0.3 is 12.3 Å². The summed E-state index contributed by atoms with van der Waals surface area (Å²) in [6.07, 6.45) is 2.27. The van der Waals surface area contributed by atoms with Crippen LogP contribution < -0.4 is 10.1 Å². The van der Waals surface area contributed by atoms with Crippen LogP contribution in [0, 0.1) is 15.9 Å². The second-order valence-corrected chi connectivity index (χ2v) is 4.66. The molecular formula is C16H11F3N2O4. The predicted molar refractivity (Wildman–Crippen MR) is 83.8 cm³/mol. The number of halogens is 3. The van der Waals surface area contributed by atoms with Crippen LogP contribution in [0.2, 0.25) is 0 Å². The lowest BCUT2D eigenvalue weighted by atomic mass is 10.2. The molecule has 0 spiro atoms. The third-order valence-electron chi connectivity index (χ3n) is 2.96. The SMILES string of the molecule is O=C(/C=C/c1ccccc1OC(F)F)Nc1ccc(F)c([N+](=O)[O-])c1. The van der Waals surface area contributed by atoms with Crippen molar-refractivity contribution in [2.24, 2.45) is 0 Å². The van der Waals surface area contributed by atoms with Crippen LogP contribution in [0.1, 0.15) is 5.56 Å². The molecule has 0 radical (unpaired) electrons. The first kappa shape index (κ1) is 18.0. The Kier molecular flexibility index (Phi) is 5.72. The maximum absolute atomic E-state index is 13.2. The lowest BCUT2D eigenvalue weighted by Crippen LogP contribution is -2.08. The number of hydrogen-bond donors (Lipinski definition) is 1. The van der Waals surface area contributed by atoms with E-state index in [0.29, 0.717) is 0 Å². The highest BCUT2D eigenvalue weighted by molar-refractivity contribution is 6.02. The van der Waals surface area contributed by atoms with E-state index in [1.807, 2.05) is 0 Å². The van der Waals surface area contributed by atoms with Gasteiger partial charge in [0.25, 0.3) is 0 Å². The predicted octanol–water partition coefficient (Wildman–Crippen LogP) is 3.99. The number of para-hydroxylation sites is 1. The first-order valence-corrected chi connectivity index (χ1v) is 6.83.